The number of carbonyl (C=O) groups excluding carboxylic acids is 1. The average Bonchev–Trinajstić information content (AvgIpc) is 2.98. The van der Waals surface area contributed by atoms with E-state index in [2.05, 4.69) is 4.98 Å². The molecule has 0 aliphatic carbocycles. The van der Waals surface area contributed by atoms with Gasteiger partial charge >= 0.3 is 0 Å². The minimum Gasteiger partial charge on any atom is -0.340 e. The third-order valence-corrected chi connectivity index (χ3v) is 3.31. The van der Waals surface area contributed by atoms with Crippen molar-refractivity contribution in [3.63, 3.8) is 0 Å². The maximum Gasteiger partial charge on any atom is 0.227 e. The maximum atomic E-state index is 14.1. The molecule has 1 fully saturated rings. The monoisotopic (exact) mass is 259 g/mol. The molecule has 2 heterocycles. The van der Waals surface area contributed by atoms with E-state index in [1.807, 2.05) is 17.8 Å². The Kier molecular flexibility index (Phi) is 2.81. The number of nitrogens with zero attached hydrogens (tertiary/aromatic N) is 3. The van der Waals surface area contributed by atoms with Crippen LogP contribution < -0.4 is 4.90 Å². The van der Waals surface area contributed by atoms with Gasteiger partial charge in [0.15, 0.2) is 0 Å². The highest BCUT2D eigenvalue weighted by Crippen LogP contribution is 2.28. The Labute approximate surface area is 110 Å². The number of imidazole rings is 1. The van der Waals surface area contributed by atoms with Crippen LogP contribution >= 0.6 is 0 Å². The first kappa shape index (κ1) is 11.9. The molecule has 1 aromatic carbocycles. The number of anilines is 1. The summed E-state index contributed by atoms with van der Waals surface area (Å²) in [5, 5.41) is 0. The Morgan fingerprint density at radius 3 is 2.79 bits per heavy atom. The number of aromatic nitrogens is 2. The van der Waals surface area contributed by atoms with E-state index < -0.39 is 0 Å². The van der Waals surface area contributed by atoms with Crippen molar-refractivity contribution in [3.8, 4) is 11.3 Å². The fourth-order valence-corrected chi connectivity index (χ4v) is 2.35. The molecule has 1 amide bonds. The lowest BCUT2D eigenvalue weighted by Crippen LogP contribution is -2.24. The van der Waals surface area contributed by atoms with Crippen molar-refractivity contribution in [1.29, 1.82) is 0 Å². The standard InChI is InChI=1S/C14H14FN3O/c1-17-8-12(16-9-17)10-4-5-13(11(15)7-10)18-6-2-3-14(18)19/h4-5,7-9H,2-3,6H2,1H3. The van der Waals surface area contributed by atoms with Gasteiger partial charge < -0.3 is 9.47 Å². The second-order valence-corrected chi connectivity index (χ2v) is 4.74. The van der Waals surface area contributed by atoms with Crippen LogP contribution in [0.1, 0.15) is 12.8 Å². The van der Waals surface area contributed by atoms with Crippen molar-refractivity contribution in [3.05, 3.63) is 36.5 Å². The normalized spacial score (nSPS) is 15.3. The van der Waals surface area contributed by atoms with Crippen LogP contribution in [0.15, 0.2) is 30.7 Å². The molecule has 0 radical (unpaired) electrons. The minimum atomic E-state index is -0.376. The molecule has 3 rings (SSSR count). The summed E-state index contributed by atoms with van der Waals surface area (Å²) < 4.78 is 15.9. The molecule has 2 aromatic rings. The zero-order chi connectivity index (χ0) is 13.4. The first-order valence-electron chi connectivity index (χ1n) is 6.23. The predicted octanol–water partition coefficient (Wildman–Crippen LogP) is 2.35. The summed E-state index contributed by atoms with van der Waals surface area (Å²) in [6, 6.07) is 4.89. The van der Waals surface area contributed by atoms with E-state index in [0.29, 0.717) is 24.2 Å². The van der Waals surface area contributed by atoms with Gasteiger partial charge in [-0.1, -0.05) is 6.07 Å². The lowest BCUT2D eigenvalue weighted by molar-refractivity contribution is -0.117. The molecule has 1 saturated heterocycles. The van der Waals surface area contributed by atoms with Gasteiger partial charge in [0.25, 0.3) is 0 Å². The highest BCUT2D eigenvalue weighted by atomic mass is 19.1. The fraction of sp³-hybridized carbons (Fsp3) is 0.286. The Bertz CT molecular complexity index is 635. The second kappa shape index (κ2) is 4.50. The van der Waals surface area contributed by atoms with Crippen LogP contribution in [0.4, 0.5) is 10.1 Å². The van der Waals surface area contributed by atoms with Gasteiger partial charge in [0.05, 0.1) is 17.7 Å². The molecule has 1 aliphatic heterocycles. The summed E-state index contributed by atoms with van der Waals surface area (Å²) in [5.74, 6) is -0.386. The quantitative estimate of drug-likeness (QED) is 0.830. The Balaban J connectivity index is 1.96. The van der Waals surface area contributed by atoms with Crippen molar-refractivity contribution >= 4 is 11.6 Å². The third-order valence-electron chi connectivity index (χ3n) is 3.31. The van der Waals surface area contributed by atoms with Gasteiger partial charge in [0, 0.05) is 31.8 Å². The minimum absolute atomic E-state index is 0.00974. The topological polar surface area (TPSA) is 38.1 Å². The number of hydrogen-bond donors (Lipinski definition) is 0. The van der Waals surface area contributed by atoms with Crippen molar-refractivity contribution < 1.29 is 9.18 Å². The Hall–Kier alpha value is -2.17. The molecule has 5 heteroatoms. The van der Waals surface area contributed by atoms with Gasteiger partial charge in [-0.2, -0.15) is 0 Å². The first-order chi connectivity index (χ1) is 9.15. The van der Waals surface area contributed by atoms with E-state index in [9.17, 15) is 9.18 Å². The number of halogens is 1. The molecule has 0 spiro atoms. The number of rotatable bonds is 2. The summed E-state index contributed by atoms with van der Waals surface area (Å²) in [6.45, 7) is 0.596. The van der Waals surface area contributed by atoms with E-state index >= 15 is 0 Å². The lowest BCUT2D eigenvalue weighted by Gasteiger charge is -2.16. The highest BCUT2D eigenvalue weighted by molar-refractivity contribution is 5.95. The SMILES string of the molecule is Cn1cnc(-c2ccc(N3CCCC3=O)c(F)c2)c1. The molecule has 1 aliphatic rings. The van der Waals surface area contributed by atoms with Crippen LogP contribution in [-0.4, -0.2) is 22.0 Å². The Morgan fingerprint density at radius 1 is 1.37 bits per heavy atom. The molecule has 0 bridgehead atoms. The van der Waals surface area contributed by atoms with Crippen molar-refractivity contribution in [2.45, 2.75) is 12.8 Å². The second-order valence-electron chi connectivity index (χ2n) is 4.74. The Morgan fingerprint density at radius 2 is 2.21 bits per heavy atom. The summed E-state index contributed by atoms with van der Waals surface area (Å²) >= 11 is 0. The van der Waals surface area contributed by atoms with Gasteiger partial charge in [-0.25, -0.2) is 9.37 Å². The smallest absolute Gasteiger partial charge is 0.227 e. The molecule has 0 saturated carbocycles. The summed E-state index contributed by atoms with van der Waals surface area (Å²) in [4.78, 5) is 17.3. The van der Waals surface area contributed by atoms with E-state index in [0.717, 1.165) is 12.1 Å². The van der Waals surface area contributed by atoms with E-state index in [1.165, 1.54) is 11.0 Å². The number of hydrogen-bond acceptors (Lipinski definition) is 2. The van der Waals surface area contributed by atoms with E-state index in [-0.39, 0.29) is 11.7 Å². The van der Waals surface area contributed by atoms with Crippen LogP contribution in [0.25, 0.3) is 11.3 Å². The molecule has 1 aromatic heterocycles. The van der Waals surface area contributed by atoms with Crippen molar-refractivity contribution in [1.82, 2.24) is 9.55 Å². The summed E-state index contributed by atoms with van der Waals surface area (Å²) in [6.07, 6.45) is 4.79. The third kappa shape index (κ3) is 2.12. The molecular weight excluding hydrogens is 245 g/mol. The molecule has 0 unspecified atom stereocenters. The fourth-order valence-electron chi connectivity index (χ4n) is 2.35. The summed E-state index contributed by atoms with van der Waals surface area (Å²) in [5.41, 5.74) is 1.80. The van der Waals surface area contributed by atoms with Crippen LogP contribution in [-0.2, 0) is 11.8 Å². The van der Waals surface area contributed by atoms with Gasteiger partial charge in [0.2, 0.25) is 5.91 Å². The zero-order valence-electron chi connectivity index (χ0n) is 10.6. The van der Waals surface area contributed by atoms with Crippen LogP contribution in [0.3, 0.4) is 0 Å². The van der Waals surface area contributed by atoms with Crippen LogP contribution in [0.5, 0.6) is 0 Å². The first-order valence-corrected chi connectivity index (χ1v) is 6.23. The molecule has 4 nitrogen and oxygen atoms in total. The predicted molar refractivity (Wildman–Crippen MR) is 70.2 cm³/mol. The molecule has 0 N–H and O–H groups in total. The molecule has 0 atom stereocenters. The van der Waals surface area contributed by atoms with Crippen LogP contribution in [0.2, 0.25) is 0 Å². The van der Waals surface area contributed by atoms with Gasteiger partial charge in [-0.15, -0.1) is 0 Å². The number of amides is 1. The average molecular weight is 259 g/mol. The molecular formula is C14H14FN3O. The summed E-state index contributed by atoms with van der Waals surface area (Å²) in [7, 11) is 1.87. The van der Waals surface area contributed by atoms with Gasteiger partial charge in [-0.05, 0) is 18.6 Å². The van der Waals surface area contributed by atoms with Crippen molar-refractivity contribution in [2.24, 2.45) is 7.05 Å². The number of carbonyl (C=O) groups is 1. The largest absolute Gasteiger partial charge is 0.340 e. The molecule has 19 heavy (non-hydrogen) atoms. The van der Waals surface area contributed by atoms with Gasteiger partial charge in [0.1, 0.15) is 5.82 Å². The van der Waals surface area contributed by atoms with Gasteiger partial charge in [-0.3, -0.25) is 4.79 Å². The van der Waals surface area contributed by atoms with E-state index in [4.69, 9.17) is 0 Å². The molecule has 98 valence electrons. The van der Waals surface area contributed by atoms with Crippen molar-refractivity contribution in [2.75, 3.05) is 11.4 Å². The maximum absolute atomic E-state index is 14.1. The number of aryl methyl sites for hydroxylation is 1. The van der Waals surface area contributed by atoms with E-state index in [1.54, 1.807) is 18.5 Å². The lowest BCUT2D eigenvalue weighted by atomic mass is 10.1. The zero-order valence-corrected chi connectivity index (χ0v) is 10.6. The highest BCUT2D eigenvalue weighted by Gasteiger charge is 2.24. The number of benzene rings is 1. The van der Waals surface area contributed by atoms with Crippen LogP contribution in [0, 0.1) is 5.82 Å².